The SMILES string of the molecule is CCOC(=O)C#CCC/C=C(\C)COC1CCCCO1. The minimum atomic E-state index is -0.453. The first-order chi connectivity index (χ1) is 9.72. The lowest BCUT2D eigenvalue weighted by Gasteiger charge is -2.22. The maximum atomic E-state index is 11.0. The number of carbonyl (C=O) groups excluding carboxylic acids is 1. The highest BCUT2D eigenvalue weighted by Gasteiger charge is 2.13. The molecule has 0 aromatic heterocycles. The summed E-state index contributed by atoms with van der Waals surface area (Å²) in [6.07, 6.45) is 6.80. The van der Waals surface area contributed by atoms with Crippen molar-refractivity contribution in [2.24, 2.45) is 0 Å². The minimum Gasteiger partial charge on any atom is -0.456 e. The predicted octanol–water partition coefficient (Wildman–Crippen LogP) is 2.82. The second kappa shape index (κ2) is 10.5. The Bertz CT molecular complexity index is 370. The van der Waals surface area contributed by atoms with Gasteiger partial charge in [-0.05, 0) is 39.5 Å². The molecule has 0 spiro atoms. The van der Waals surface area contributed by atoms with Gasteiger partial charge < -0.3 is 14.2 Å². The molecule has 112 valence electrons. The molecular formula is C16H24O4. The molecule has 1 fully saturated rings. The molecule has 1 rings (SSSR count). The van der Waals surface area contributed by atoms with Crippen LogP contribution in [0.5, 0.6) is 0 Å². The van der Waals surface area contributed by atoms with Crippen LogP contribution >= 0.6 is 0 Å². The fourth-order valence-electron chi connectivity index (χ4n) is 1.82. The zero-order valence-corrected chi connectivity index (χ0v) is 12.4. The van der Waals surface area contributed by atoms with Gasteiger partial charge in [0.15, 0.2) is 6.29 Å². The molecule has 1 heterocycles. The van der Waals surface area contributed by atoms with Crippen molar-refractivity contribution in [2.75, 3.05) is 19.8 Å². The lowest BCUT2D eigenvalue weighted by Crippen LogP contribution is -2.22. The van der Waals surface area contributed by atoms with E-state index in [0.29, 0.717) is 19.6 Å². The lowest BCUT2D eigenvalue weighted by atomic mass is 10.2. The summed E-state index contributed by atoms with van der Waals surface area (Å²) in [5, 5.41) is 0. The van der Waals surface area contributed by atoms with Gasteiger partial charge in [-0.25, -0.2) is 4.79 Å². The van der Waals surface area contributed by atoms with Crippen molar-refractivity contribution in [1.29, 1.82) is 0 Å². The summed E-state index contributed by atoms with van der Waals surface area (Å²) in [5.41, 5.74) is 1.16. The van der Waals surface area contributed by atoms with Crippen LogP contribution in [0.1, 0.15) is 46.0 Å². The van der Waals surface area contributed by atoms with Crippen molar-refractivity contribution in [1.82, 2.24) is 0 Å². The van der Waals surface area contributed by atoms with Crippen LogP contribution < -0.4 is 0 Å². The number of unbranched alkanes of at least 4 members (excludes halogenated alkanes) is 1. The average molecular weight is 280 g/mol. The van der Waals surface area contributed by atoms with Gasteiger partial charge in [0, 0.05) is 18.9 Å². The number of hydrogen-bond acceptors (Lipinski definition) is 4. The van der Waals surface area contributed by atoms with E-state index in [1.54, 1.807) is 6.92 Å². The second-order valence-electron chi connectivity index (χ2n) is 4.72. The molecule has 1 atom stereocenters. The van der Waals surface area contributed by atoms with Crippen molar-refractivity contribution in [3.05, 3.63) is 11.6 Å². The largest absolute Gasteiger partial charge is 0.456 e. The molecule has 1 aliphatic rings. The topological polar surface area (TPSA) is 44.8 Å². The number of esters is 1. The summed E-state index contributed by atoms with van der Waals surface area (Å²) < 4.78 is 15.9. The van der Waals surface area contributed by atoms with Crippen molar-refractivity contribution in [3.8, 4) is 11.8 Å². The Labute approximate surface area is 121 Å². The second-order valence-corrected chi connectivity index (χ2v) is 4.72. The Morgan fingerprint density at radius 3 is 3.00 bits per heavy atom. The molecular weight excluding hydrogens is 256 g/mol. The Balaban J connectivity index is 2.13. The smallest absolute Gasteiger partial charge is 0.384 e. The van der Waals surface area contributed by atoms with Gasteiger partial charge in [0.25, 0.3) is 0 Å². The molecule has 0 aliphatic carbocycles. The van der Waals surface area contributed by atoms with E-state index in [1.165, 1.54) is 6.42 Å². The van der Waals surface area contributed by atoms with E-state index >= 15 is 0 Å². The molecule has 1 saturated heterocycles. The van der Waals surface area contributed by atoms with E-state index < -0.39 is 5.97 Å². The van der Waals surface area contributed by atoms with Gasteiger partial charge in [-0.1, -0.05) is 17.6 Å². The Hall–Kier alpha value is -1.31. The van der Waals surface area contributed by atoms with E-state index in [0.717, 1.165) is 31.4 Å². The summed E-state index contributed by atoms with van der Waals surface area (Å²) >= 11 is 0. The van der Waals surface area contributed by atoms with E-state index in [4.69, 9.17) is 14.2 Å². The molecule has 1 aliphatic heterocycles. The average Bonchev–Trinajstić information content (AvgIpc) is 2.46. The maximum absolute atomic E-state index is 11.0. The first-order valence-corrected chi connectivity index (χ1v) is 7.27. The number of allylic oxidation sites excluding steroid dienone is 1. The van der Waals surface area contributed by atoms with Crippen molar-refractivity contribution in [2.45, 2.75) is 52.2 Å². The monoisotopic (exact) mass is 280 g/mol. The molecule has 1 unspecified atom stereocenters. The van der Waals surface area contributed by atoms with Crippen molar-refractivity contribution in [3.63, 3.8) is 0 Å². The van der Waals surface area contributed by atoms with Crippen LogP contribution in [0.15, 0.2) is 11.6 Å². The minimum absolute atomic E-state index is 0.0456. The molecule has 0 aromatic carbocycles. The molecule has 4 heteroatoms. The molecule has 0 N–H and O–H groups in total. The van der Waals surface area contributed by atoms with Crippen LogP contribution in [-0.4, -0.2) is 32.1 Å². The van der Waals surface area contributed by atoms with Crippen molar-refractivity contribution < 1.29 is 19.0 Å². The van der Waals surface area contributed by atoms with Crippen LogP contribution in [0, 0.1) is 11.8 Å². The maximum Gasteiger partial charge on any atom is 0.384 e. The van der Waals surface area contributed by atoms with E-state index in [9.17, 15) is 4.79 Å². The Morgan fingerprint density at radius 2 is 2.30 bits per heavy atom. The predicted molar refractivity (Wildman–Crippen MR) is 76.9 cm³/mol. The fourth-order valence-corrected chi connectivity index (χ4v) is 1.82. The zero-order valence-electron chi connectivity index (χ0n) is 12.4. The molecule has 0 aromatic rings. The van der Waals surface area contributed by atoms with Gasteiger partial charge in [-0.3, -0.25) is 0 Å². The van der Waals surface area contributed by atoms with Gasteiger partial charge in [-0.2, -0.15) is 0 Å². The van der Waals surface area contributed by atoms with E-state index in [-0.39, 0.29) is 6.29 Å². The summed E-state index contributed by atoms with van der Waals surface area (Å²) in [6, 6.07) is 0. The highest BCUT2D eigenvalue weighted by atomic mass is 16.7. The van der Waals surface area contributed by atoms with E-state index in [2.05, 4.69) is 17.9 Å². The third-order valence-electron chi connectivity index (χ3n) is 2.86. The third-order valence-corrected chi connectivity index (χ3v) is 2.86. The van der Waals surface area contributed by atoms with E-state index in [1.807, 2.05) is 6.92 Å². The number of ether oxygens (including phenoxy) is 3. The van der Waals surface area contributed by atoms with Crippen molar-refractivity contribution >= 4 is 5.97 Å². The first-order valence-electron chi connectivity index (χ1n) is 7.27. The molecule has 0 saturated carbocycles. The Morgan fingerprint density at radius 1 is 1.45 bits per heavy atom. The van der Waals surface area contributed by atoms with Gasteiger partial charge in [0.05, 0.1) is 13.2 Å². The molecule has 4 nitrogen and oxygen atoms in total. The molecule has 0 amide bonds. The number of carbonyl (C=O) groups is 1. The van der Waals surface area contributed by atoms with Crippen LogP contribution in [0.3, 0.4) is 0 Å². The standard InChI is InChI=1S/C16H24O4/c1-3-18-15(17)10-6-4-5-9-14(2)13-20-16-11-7-8-12-19-16/h9,16H,3-5,7-8,11-13H2,1-2H3/b14-9+. The highest BCUT2D eigenvalue weighted by molar-refractivity contribution is 5.88. The molecule has 0 radical (unpaired) electrons. The van der Waals surface area contributed by atoms with Crippen LogP contribution in [0.25, 0.3) is 0 Å². The van der Waals surface area contributed by atoms with Crippen LogP contribution in [0.4, 0.5) is 0 Å². The first kappa shape index (κ1) is 16.7. The van der Waals surface area contributed by atoms with Crippen LogP contribution in [-0.2, 0) is 19.0 Å². The van der Waals surface area contributed by atoms with Gasteiger partial charge in [0.1, 0.15) is 0 Å². The van der Waals surface area contributed by atoms with Gasteiger partial charge in [-0.15, -0.1) is 0 Å². The summed E-state index contributed by atoms with van der Waals surface area (Å²) in [4.78, 5) is 11.0. The number of rotatable bonds is 6. The molecule has 20 heavy (non-hydrogen) atoms. The highest BCUT2D eigenvalue weighted by Crippen LogP contribution is 2.14. The van der Waals surface area contributed by atoms with Gasteiger partial charge >= 0.3 is 5.97 Å². The summed E-state index contributed by atoms with van der Waals surface area (Å²) in [5.74, 6) is 4.79. The zero-order chi connectivity index (χ0) is 14.6. The van der Waals surface area contributed by atoms with Crippen LogP contribution in [0.2, 0.25) is 0 Å². The quantitative estimate of drug-likeness (QED) is 0.247. The summed E-state index contributed by atoms with van der Waals surface area (Å²) in [7, 11) is 0. The lowest BCUT2D eigenvalue weighted by molar-refractivity contribution is -0.156. The Kier molecular flexibility index (Phi) is 8.77. The number of hydrogen-bond donors (Lipinski definition) is 0. The third kappa shape index (κ3) is 7.98. The normalized spacial score (nSPS) is 19.1. The summed E-state index contributed by atoms with van der Waals surface area (Å²) in [6.45, 7) is 5.56. The van der Waals surface area contributed by atoms with Gasteiger partial charge in [0.2, 0.25) is 0 Å². The molecule has 0 bridgehead atoms. The fraction of sp³-hybridized carbons (Fsp3) is 0.688.